The maximum atomic E-state index is 11.4. The summed E-state index contributed by atoms with van der Waals surface area (Å²) in [6.45, 7) is 0. The summed E-state index contributed by atoms with van der Waals surface area (Å²) in [5.74, 6) is 0.0828. The first-order chi connectivity index (χ1) is 6.00. The minimum atomic E-state index is -3.32. The molecule has 0 N–H and O–H groups in total. The Morgan fingerprint density at radius 2 is 2.08 bits per heavy atom. The second kappa shape index (κ2) is 2.70. The molecule has 1 saturated heterocycles. The molecule has 2 aliphatic rings. The van der Waals surface area contributed by atoms with Crippen molar-refractivity contribution in [2.24, 2.45) is 5.92 Å². The van der Waals surface area contributed by atoms with Crippen LogP contribution in [0.4, 0.5) is 0 Å². The lowest BCUT2D eigenvalue weighted by Gasteiger charge is -2.20. The van der Waals surface area contributed by atoms with Crippen molar-refractivity contribution in [2.45, 2.75) is 31.7 Å². The van der Waals surface area contributed by atoms with E-state index < -0.39 is 10.0 Å². The number of hydrogen-bond donors (Lipinski definition) is 0. The monoisotopic (exact) mass is 203 g/mol. The van der Waals surface area contributed by atoms with Crippen LogP contribution in [0, 0.1) is 5.92 Å². The normalized spacial score (nSPS) is 33.9. The van der Waals surface area contributed by atoms with Crippen molar-refractivity contribution in [1.82, 2.24) is 4.31 Å². The molecule has 0 aromatic carbocycles. The van der Waals surface area contributed by atoms with E-state index in [9.17, 15) is 13.2 Å². The van der Waals surface area contributed by atoms with Crippen molar-refractivity contribution in [3.63, 3.8) is 0 Å². The van der Waals surface area contributed by atoms with Gasteiger partial charge in [0.25, 0.3) is 0 Å². The van der Waals surface area contributed by atoms with Crippen molar-refractivity contribution in [3.05, 3.63) is 0 Å². The van der Waals surface area contributed by atoms with Gasteiger partial charge in [0, 0.05) is 6.42 Å². The molecule has 0 unspecified atom stereocenters. The second-order valence-corrected chi connectivity index (χ2v) is 5.77. The van der Waals surface area contributed by atoms with Crippen molar-refractivity contribution in [1.29, 1.82) is 0 Å². The number of rotatable bonds is 1. The van der Waals surface area contributed by atoms with Crippen LogP contribution in [0.25, 0.3) is 0 Å². The summed E-state index contributed by atoms with van der Waals surface area (Å²) in [6.07, 6.45) is 4.45. The zero-order chi connectivity index (χ0) is 9.64. The molecule has 0 aromatic rings. The fourth-order valence-corrected chi connectivity index (χ4v) is 3.71. The predicted octanol–water partition coefficient (Wildman–Crippen LogP) is 0.347. The molecule has 13 heavy (non-hydrogen) atoms. The Bertz CT molecular complexity index is 335. The molecule has 5 heteroatoms. The highest BCUT2D eigenvalue weighted by Gasteiger charge is 2.46. The topological polar surface area (TPSA) is 54.5 Å². The van der Waals surface area contributed by atoms with E-state index in [-0.39, 0.29) is 11.9 Å². The minimum Gasteiger partial charge on any atom is -0.274 e. The van der Waals surface area contributed by atoms with Crippen LogP contribution in [0.2, 0.25) is 0 Å². The van der Waals surface area contributed by atoms with Gasteiger partial charge in [-0.3, -0.25) is 4.79 Å². The molecule has 2 atom stereocenters. The van der Waals surface area contributed by atoms with E-state index in [1.165, 1.54) is 0 Å². The van der Waals surface area contributed by atoms with E-state index in [4.69, 9.17) is 0 Å². The van der Waals surface area contributed by atoms with Gasteiger partial charge in [-0.05, 0) is 18.8 Å². The van der Waals surface area contributed by atoms with Crippen LogP contribution in [-0.2, 0) is 14.8 Å². The number of hydrogen-bond acceptors (Lipinski definition) is 3. The first kappa shape index (κ1) is 8.99. The molecular weight excluding hydrogens is 190 g/mol. The quantitative estimate of drug-likeness (QED) is 0.617. The average Bonchev–Trinajstić information content (AvgIpc) is 2.41. The molecule has 74 valence electrons. The van der Waals surface area contributed by atoms with E-state index in [0.717, 1.165) is 29.8 Å². The van der Waals surface area contributed by atoms with Crippen molar-refractivity contribution in [3.8, 4) is 0 Å². The van der Waals surface area contributed by atoms with Gasteiger partial charge in [-0.15, -0.1) is 0 Å². The Hall–Kier alpha value is -0.580. The van der Waals surface area contributed by atoms with Gasteiger partial charge < -0.3 is 0 Å². The molecule has 2 rings (SSSR count). The van der Waals surface area contributed by atoms with Crippen molar-refractivity contribution in [2.75, 3.05) is 6.26 Å². The predicted molar refractivity (Wildman–Crippen MR) is 47.4 cm³/mol. The summed E-state index contributed by atoms with van der Waals surface area (Å²) in [4.78, 5) is 11.4. The molecule has 1 heterocycles. The zero-order valence-electron chi connectivity index (χ0n) is 7.56. The summed E-state index contributed by atoms with van der Waals surface area (Å²) >= 11 is 0. The highest BCUT2D eigenvalue weighted by atomic mass is 32.2. The molecule has 1 amide bonds. The Morgan fingerprint density at radius 3 is 2.69 bits per heavy atom. The number of amides is 1. The Balaban J connectivity index is 2.32. The standard InChI is InChI=1S/C8H13NO3S/c1-13(11,12)9-7-4-2-3-6(7)5-8(9)10/h6-7H,2-5H2,1H3/t6-,7+/m1/s1. The fraction of sp³-hybridized carbons (Fsp3) is 0.875. The van der Waals surface area contributed by atoms with Crippen LogP contribution in [0.1, 0.15) is 25.7 Å². The summed E-state index contributed by atoms with van der Waals surface area (Å²) < 4.78 is 23.7. The van der Waals surface area contributed by atoms with Gasteiger partial charge in [0.2, 0.25) is 15.9 Å². The number of fused-ring (bicyclic) bond motifs is 1. The third-order valence-electron chi connectivity index (χ3n) is 2.96. The number of sulfonamides is 1. The van der Waals surface area contributed by atoms with Crippen LogP contribution in [0.5, 0.6) is 0 Å². The Kier molecular flexibility index (Phi) is 1.87. The average molecular weight is 203 g/mol. The highest BCUT2D eigenvalue weighted by Crippen LogP contribution is 2.39. The summed E-state index contributed by atoms with van der Waals surface area (Å²) in [6, 6.07) is -0.0255. The number of nitrogens with zero attached hydrogens (tertiary/aromatic N) is 1. The van der Waals surface area contributed by atoms with Crippen LogP contribution in [0.3, 0.4) is 0 Å². The first-order valence-corrected chi connectivity index (χ1v) is 6.37. The lowest BCUT2D eigenvalue weighted by atomic mass is 10.1. The fourth-order valence-electron chi connectivity index (χ4n) is 2.49. The highest BCUT2D eigenvalue weighted by molar-refractivity contribution is 7.88. The molecule has 0 radical (unpaired) electrons. The summed E-state index contributed by atoms with van der Waals surface area (Å²) in [5.41, 5.74) is 0. The zero-order valence-corrected chi connectivity index (χ0v) is 8.38. The molecule has 1 aliphatic carbocycles. The molecule has 0 aromatic heterocycles. The third-order valence-corrected chi connectivity index (χ3v) is 4.15. The minimum absolute atomic E-state index is 0.0255. The van der Waals surface area contributed by atoms with Crippen LogP contribution in [-0.4, -0.2) is 30.9 Å². The van der Waals surface area contributed by atoms with Crippen LogP contribution < -0.4 is 0 Å². The van der Waals surface area contributed by atoms with Crippen LogP contribution in [0.15, 0.2) is 0 Å². The SMILES string of the molecule is CS(=O)(=O)N1C(=O)C[C@H]2CCC[C@@H]21. The molecular formula is C8H13NO3S. The van der Waals surface area contributed by atoms with Crippen LogP contribution >= 0.6 is 0 Å². The Labute approximate surface area is 78.0 Å². The maximum Gasteiger partial charge on any atom is 0.236 e. The van der Waals surface area contributed by atoms with Crippen molar-refractivity contribution >= 4 is 15.9 Å². The van der Waals surface area contributed by atoms with Gasteiger partial charge >= 0.3 is 0 Å². The molecule has 1 saturated carbocycles. The first-order valence-electron chi connectivity index (χ1n) is 4.52. The van der Waals surface area contributed by atoms with Gasteiger partial charge in [-0.1, -0.05) is 6.42 Å². The molecule has 2 fully saturated rings. The summed E-state index contributed by atoms with van der Waals surface area (Å²) in [7, 11) is -3.32. The number of carbonyl (C=O) groups excluding carboxylic acids is 1. The van der Waals surface area contributed by atoms with Gasteiger partial charge in [-0.25, -0.2) is 12.7 Å². The van der Waals surface area contributed by atoms with Gasteiger partial charge in [0.1, 0.15) is 0 Å². The van der Waals surface area contributed by atoms with Crippen molar-refractivity contribution < 1.29 is 13.2 Å². The molecule has 4 nitrogen and oxygen atoms in total. The van der Waals surface area contributed by atoms with E-state index in [0.29, 0.717) is 12.3 Å². The lowest BCUT2D eigenvalue weighted by Crippen LogP contribution is -2.37. The molecule has 0 bridgehead atoms. The second-order valence-electron chi connectivity index (χ2n) is 3.92. The van der Waals surface area contributed by atoms with Gasteiger partial charge in [0.15, 0.2) is 0 Å². The van der Waals surface area contributed by atoms with E-state index >= 15 is 0 Å². The summed E-state index contributed by atoms with van der Waals surface area (Å²) in [5, 5.41) is 0. The number of carbonyl (C=O) groups is 1. The van der Waals surface area contributed by atoms with E-state index in [1.807, 2.05) is 0 Å². The largest absolute Gasteiger partial charge is 0.274 e. The molecule has 0 spiro atoms. The van der Waals surface area contributed by atoms with E-state index in [2.05, 4.69) is 0 Å². The smallest absolute Gasteiger partial charge is 0.236 e. The third kappa shape index (κ3) is 1.35. The van der Waals surface area contributed by atoms with Gasteiger partial charge in [-0.2, -0.15) is 0 Å². The van der Waals surface area contributed by atoms with Gasteiger partial charge in [0.05, 0.1) is 12.3 Å². The van der Waals surface area contributed by atoms with E-state index in [1.54, 1.807) is 0 Å². The Morgan fingerprint density at radius 1 is 1.38 bits per heavy atom. The molecule has 1 aliphatic heterocycles. The lowest BCUT2D eigenvalue weighted by molar-refractivity contribution is -0.124. The maximum absolute atomic E-state index is 11.4.